The van der Waals surface area contributed by atoms with Gasteiger partial charge in [-0.1, -0.05) is 252 Å². The fraction of sp³-hybridized carbons (Fsp3) is 0.879. The number of phosphoric ester groups is 1. The van der Waals surface area contributed by atoms with Gasteiger partial charge in [-0.2, -0.15) is 0 Å². The highest BCUT2D eigenvalue weighted by atomic mass is 31.2. The smallest absolute Gasteiger partial charge is 0.469 e. The first-order chi connectivity index (χ1) is 36.0. The lowest BCUT2D eigenvalue weighted by atomic mass is 10.0. The number of nitrogens with zero attached hydrogens (tertiary/aromatic N) is 1. The number of aliphatic hydroxyl groups is 1. The van der Waals surface area contributed by atoms with Crippen LogP contribution in [0.3, 0.4) is 0 Å². The first kappa shape index (κ1) is 74.2. The summed E-state index contributed by atoms with van der Waals surface area (Å²) in [6.07, 6.45) is 50.2. The number of hydrogen-bond acceptors (Lipinski definition) is 9. The quantitative estimate of drug-likeness (QED) is 0.0237. The molecule has 0 unspecified atom stereocenters. The summed E-state index contributed by atoms with van der Waals surface area (Å²) in [5.41, 5.74) is -0.918. The Morgan fingerprint density at radius 1 is 0.533 bits per heavy atom. The van der Waals surface area contributed by atoms with Crippen LogP contribution in [0.2, 0.25) is 0 Å². The summed E-state index contributed by atoms with van der Waals surface area (Å²) in [4.78, 5) is 73.2. The lowest BCUT2D eigenvalue weighted by Crippen LogP contribution is -2.33. The van der Waals surface area contributed by atoms with Gasteiger partial charge in [0, 0.05) is 37.4 Å². The second kappa shape index (κ2) is 53.1. The van der Waals surface area contributed by atoms with Gasteiger partial charge < -0.3 is 34.9 Å². The van der Waals surface area contributed by atoms with Gasteiger partial charge in [-0.05, 0) is 26.2 Å². The minimum atomic E-state index is -4.67. The molecule has 1 fully saturated rings. The zero-order chi connectivity index (χ0) is 56.2. The van der Waals surface area contributed by atoms with Crippen LogP contribution in [0.5, 0.6) is 0 Å². The van der Waals surface area contributed by atoms with Crippen LogP contribution in [0.25, 0.3) is 0 Å². The van der Waals surface area contributed by atoms with Crippen LogP contribution in [-0.4, -0.2) is 76.5 Å². The van der Waals surface area contributed by atoms with Crippen molar-refractivity contribution >= 4 is 25.7 Å². The first-order valence-electron chi connectivity index (χ1n) is 30.0. The summed E-state index contributed by atoms with van der Waals surface area (Å²) in [6.45, 7) is 7.77. The van der Waals surface area contributed by atoms with Crippen LogP contribution in [0, 0.1) is 6.92 Å². The zero-order valence-electron chi connectivity index (χ0n) is 47.8. The molecule has 0 bridgehead atoms. The Kier molecular flexibility index (Phi) is 52.6. The van der Waals surface area contributed by atoms with Crippen molar-refractivity contribution < 1.29 is 58.4 Å². The summed E-state index contributed by atoms with van der Waals surface area (Å²) < 4.78 is 21.4. The van der Waals surface area contributed by atoms with E-state index in [1.807, 2.05) is 0 Å². The predicted octanol–water partition coefficient (Wildman–Crippen LogP) is 15.3. The van der Waals surface area contributed by atoms with Crippen molar-refractivity contribution in [2.45, 2.75) is 322 Å². The van der Waals surface area contributed by atoms with Gasteiger partial charge in [-0.25, -0.2) is 9.36 Å². The molecule has 7 N–H and O–H groups in total. The van der Waals surface area contributed by atoms with Crippen molar-refractivity contribution in [1.82, 2.24) is 9.55 Å². The topological polar surface area (TPSA) is 263 Å². The van der Waals surface area contributed by atoms with E-state index in [0.717, 1.165) is 43.1 Å². The molecule has 1 saturated heterocycles. The molecule has 0 spiro atoms. The van der Waals surface area contributed by atoms with Crippen LogP contribution in [0.1, 0.15) is 309 Å². The molecule has 1 aromatic rings. The molecular formula is C58H111N2O14P. The number of aromatic amines is 1. The molecule has 16 nitrogen and oxygen atoms in total. The van der Waals surface area contributed by atoms with E-state index in [-0.39, 0.29) is 6.42 Å². The molecule has 0 aromatic carbocycles. The minimum absolute atomic E-state index is 0.0283. The number of H-pyrrole nitrogens is 1. The number of unbranched alkanes of at least 4 members (excludes halogenated alkanes) is 36. The highest BCUT2D eigenvalue weighted by Gasteiger charge is 2.37. The highest BCUT2D eigenvalue weighted by molar-refractivity contribution is 7.46. The maximum absolute atomic E-state index is 11.7. The lowest BCUT2D eigenvalue weighted by Gasteiger charge is -2.16. The van der Waals surface area contributed by atoms with Crippen LogP contribution >= 0.6 is 7.82 Å². The van der Waals surface area contributed by atoms with Crippen molar-refractivity contribution in [3.8, 4) is 0 Å². The average Bonchev–Trinajstić information content (AvgIpc) is 3.73. The van der Waals surface area contributed by atoms with E-state index in [1.165, 1.54) is 225 Å². The van der Waals surface area contributed by atoms with E-state index in [1.54, 1.807) is 0 Å². The first-order valence-corrected chi connectivity index (χ1v) is 31.5. The average molecular weight is 1090 g/mol. The van der Waals surface area contributed by atoms with Gasteiger partial charge in [0.15, 0.2) is 0 Å². The number of nitrogens with one attached hydrogen (secondary N) is 1. The van der Waals surface area contributed by atoms with Gasteiger partial charge in [0.25, 0.3) is 5.56 Å². The van der Waals surface area contributed by atoms with Crippen molar-refractivity contribution in [3.05, 3.63) is 32.6 Å². The van der Waals surface area contributed by atoms with Gasteiger partial charge >= 0.3 is 31.4 Å². The number of aliphatic hydroxyl groups excluding tert-OH is 1. The third kappa shape index (κ3) is 52.9. The number of carbonyl (C=O) groups is 3. The van der Waals surface area contributed by atoms with Gasteiger partial charge in [-0.15, -0.1) is 0 Å². The summed E-state index contributed by atoms with van der Waals surface area (Å²) in [5.74, 6) is -1.96. The number of aryl methyl sites for hydroxylation is 1. The van der Waals surface area contributed by atoms with Gasteiger partial charge in [0.2, 0.25) is 0 Å². The molecular weight excluding hydrogens is 980 g/mol. The van der Waals surface area contributed by atoms with Crippen LogP contribution in [0.4, 0.5) is 0 Å². The SMILES string of the molecule is CCCCCCCCCCCCCCCC(=O)O.CCCCCCCCCCCCCCCC(=O)O.CCCCCCCCCCCCCCCC(=O)O.Cc1cn([C@H]2C[C@H](O)[C@@H](COP(=O)(O)O)O2)c(=O)[nH]c1=O. The largest absolute Gasteiger partial charge is 0.481 e. The summed E-state index contributed by atoms with van der Waals surface area (Å²) in [5, 5.41) is 35.3. The second-order valence-electron chi connectivity index (χ2n) is 20.9. The molecule has 17 heteroatoms. The van der Waals surface area contributed by atoms with Crippen molar-refractivity contribution in [3.63, 3.8) is 0 Å². The van der Waals surface area contributed by atoms with Crippen molar-refractivity contribution in [2.24, 2.45) is 0 Å². The maximum Gasteiger partial charge on any atom is 0.469 e. The molecule has 2 heterocycles. The van der Waals surface area contributed by atoms with E-state index in [4.69, 9.17) is 29.8 Å². The van der Waals surface area contributed by atoms with Crippen molar-refractivity contribution in [1.29, 1.82) is 0 Å². The van der Waals surface area contributed by atoms with Gasteiger partial charge in [-0.3, -0.25) is 33.3 Å². The molecule has 3 atom stereocenters. The number of carboxylic acid groups (broad SMARTS) is 3. The number of rotatable bonds is 46. The molecule has 0 aliphatic carbocycles. The number of aromatic nitrogens is 2. The Bertz CT molecular complexity index is 1550. The summed E-state index contributed by atoms with van der Waals surface area (Å²) in [6, 6.07) is 0. The van der Waals surface area contributed by atoms with Crippen LogP contribution in [0.15, 0.2) is 15.8 Å². The molecule has 0 saturated carbocycles. The fourth-order valence-electron chi connectivity index (χ4n) is 8.89. The zero-order valence-corrected chi connectivity index (χ0v) is 48.7. The van der Waals surface area contributed by atoms with E-state index in [2.05, 4.69) is 30.3 Å². The standard InChI is InChI=1S/3C16H32O2.C10H15N2O8P/c3*1-2-3-4-5-6-7-8-9-10-11-12-13-14-15-16(17)18;1-5-3-12(10(15)11-9(5)14)8-2-6(13)7(20-8)4-19-21(16,17)18/h3*2-15H2,1H3,(H,17,18);3,6-8,13H,2,4H2,1H3,(H,11,14,15)(H2,16,17,18)/t;;;6-,7+,8+/m...0/s1. The number of carboxylic acids is 3. The van der Waals surface area contributed by atoms with E-state index >= 15 is 0 Å². The Balaban J connectivity index is 0. The molecule has 442 valence electrons. The van der Waals surface area contributed by atoms with Crippen LogP contribution < -0.4 is 11.2 Å². The van der Waals surface area contributed by atoms with Gasteiger partial charge in [0.1, 0.15) is 12.3 Å². The molecule has 1 aliphatic rings. The maximum atomic E-state index is 11.7. The third-order valence-corrected chi connectivity index (χ3v) is 14.0. The third-order valence-electron chi connectivity index (χ3n) is 13.5. The molecule has 1 aromatic heterocycles. The van der Waals surface area contributed by atoms with E-state index in [0.29, 0.717) is 24.8 Å². The predicted molar refractivity (Wildman–Crippen MR) is 302 cm³/mol. The second-order valence-corrected chi connectivity index (χ2v) is 22.1. The van der Waals surface area contributed by atoms with Crippen LogP contribution in [-0.2, 0) is 28.2 Å². The van der Waals surface area contributed by atoms with E-state index < -0.39 is 62.0 Å². The Morgan fingerprint density at radius 2 is 0.800 bits per heavy atom. The molecule has 2 rings (SSSR count). The van der Waals surface area contributed by atoms with Crippen molar-refractivity contribution in [2.75, 3.05) is 6.61 Å². The number of hydrogen-bond donors (Lipinski definition) is 7. The fourth-order valence-corrected chi connectivity index (χ4v) is 9.23. The van der Waals surface area contributed by atoms with Gasteiger partial charge in [0.05, 0.1) is 12.7 Å². The molecule has 1 aliphatic heterocycles. The van der Waals surface area contributed by atoms with E-state index in [9.17, 15) is 33.6 Å². The summed E-state index contributed by atoms with van der Waals surface area (Å²) in [7, 11) is -4.67. The lowest BCUT2D eigenvalue weighted by molar-refractivity contribution is -0.138. The minimum Gasteiger partial charge on any atom is -0.481 e. The summed E-state index contributed by atoms with van der Waals surface area (Å²) >= 11 is 0. The normalized spacial score (nSPS) is 15.1. The Morgan fingerprint density at radius 3 is 1.05 bits per heavy atom. The Hall–Kier alpha value is -2.88. The number of ether oxygens (including phenoxy) is 1. The molecule has 0 amide bonds. The Labute approximate surface area is 453 Å². The molecule has 75 heavy (non-hydrogen) atoms. The number of aliphatic carboxylic acids is 3. The number of phosphoric acid groups is 1. The molecule has 0 radical (unpaired) electrons. The highest BCUT2D eigenvalue weighted by Crippen LogP contribution is 2.38. The monoisotopic (exact) mass is 1090 g/mol.